The van der Waals surface area contributed by atoms with Gasteiger partial charge in [0.2, 0.25) is 10.0 Å². The number of nitrogens with zero attached hydrogens (tertiary/aromatic N) is 2. The molecular formula is C30H35FN4O7S. The highest BCUT2D eigenvalue weighted by Gasteiger charge is 2.36. The summed E-state index contributed by atoms with van der Waals surface area (Å²) >= 11 is 0. The average Bonchev–Trinajstić information content (AvgIpc) is 2.99. The van der Waals surface area contributed by atoms with Crippen molar-refractivity contribution in [3.05, 3.63) is 78.1 Å². The first-order valence-electron chi connectivity index (χ1n) is 13.6. The van der Waals surface area contributed by atoms with Gasteiger partial charge in [0.05, 0.1) is 42.4 Å². The van der Waals surface area contributed by atoms with Gasteiger partial charge in [0, 0.05) is 25.2 Å². The Kier molecular flexibility index (Phi) is 9.89. The van der Waals surface area contributed by atoms with Crippen LogP contribution >= 0.6 is 0 Å². The number of para-hydroxylation sites is 1. The minimum absolute atomic E-state index is 0.0663. The summed E-state index contributed by atoms with van der Waals surface area (Å²) in [6, 6.07) is 14.8. The quantitative estimate of drug-likeness (QED) is 0.331. The second kappa shape index (κ2) is 13.4. The van der Waals surface area contributed by atoms with Gasteiger partial charge < -0.3 is 30.1 Å². The van der Waals surface area contributed by atoms with Crippen LogP contribution in [0.5, 0.6) is 11.5 Å². The molecule has 11 nitrogen and oxygen atoms in total. The van der Waals surface area contributed by atoms with Gasteiger partial charge in [-0.15, -0.1) is 0 Å². The van der Waals surface area contributed by atoms with Gasteiger partial charge in [0.15, 0.2) is 5.75 Å². The van der Waals surface area contributed by atoms with E-state index in [4.69, 9.17) is 9.47 Å². The van der Waals surface area contributed by atoms with E-state index >= 15 is 0 Å². The molecule has 3 aromatic rings. The molecule has 1 heterocycles. The number of benzene rings is 3. The molecule has 0 bridgehead atoms. The Balaban J connectivity index is 1.67. The lowest BCUT2D eigenvalue weighted by molar-refractivity contribution is 0.0389. The maximum absolute atomic E-state index is 13.7. The van der Waals surface area contributed by atoms with Crippen LogP contribution in [-0.2, 0) is 10.0 Å². The predicted molar refractivity (Wildman–Crippen MR) is 159 cm³/mol. The highest BCUT2D eigenvalue weighted by atomic mass is 32.2. The number of ether oxygens (including phenoxy) is 2. The third kappa shape index (κ3) is 7.24. The van der Waals surface area contributed by atoms with Crippen molar-refractivity contribution in [1.29, 1.82) is 0 Å². The Hall–Kier alpha value is -4.20. The fourth-order valence-electron chi connectivity index (χ4n) is 4.66. The van der Waals surface area contributed by atoms with Gasteiger partial charge in [-0.3, -0.25) is 4.79 Å². The number of fused-ring (bicyclic) bond motifs is 1. The van der Waals surface area contributed by atoms with Crippen LogP contribution in [0.25, 0.3) is 0 Å². The molecule has 230 valence electrons. The Bertz CT molecular complexity index is 1550. The summed E-state index contributed by atoms with van der Waals surface area (Å²) in [5, 5.41) is 15.3. The summed E-state index contributed by atoms with van der Waals surface area (Å²) in [5.74, 6) is -0.687. The monoisotopic (exact) mass is 614 g/mol. The Morgan fingerprint density at radius 3 is 2.44 bits per heavy atom. The number of urea groups is 1. The lowest BCUT2D eigenvalue weighted by atomic mass is 9.99. The molecule has 1 aliphatic rings. The van der Waals surface area contributed by atoms with Crippen LogP contribution in [0.4, 0.5) is 20.6 Å². The van der Waals surface area contributed by atoms with E-state index < -0.39 is 45.8 Å². The summed E-state index contributed by atoms with van der Waals surface area (Å²) in [7, 11) is -1.09. The zero-order chi connectivity index (χ0) is 31.3. The number of sulfonamides is 1. The van der Waals surface area contributed by atoms with E-state index in [1.165, 1.54) is 31.2 Å². The molecule has 0 aromatic heterocycles. The largest absolute Gasteiger partial charge is 0.497 e. The molecule has 0 saturated carbocycles. The smallest absolute Gasteiger partial charge is 0.323 e. The number of amides is 3. The minimum Gasteiger partial charge on any atom is -0.497 e. The average molecular weight is 615 g/mol. The van der Waals surface area contributed by atoms with Crippen LogP contribution in [0.3, 0.4) is 0 Å². The van der Waals surface area contributed by atoms with E-state index in [-0.39, 0.29) is 41.6 Å². The van der Waals surface area contributed by atoms with Crippen molar-refractivity contribution in [2.24, 2.45) is 5.92 Å². The molecular weight excluding hydrogens is 579 g/mol. The number of anilines is 2. The van der Waals surface area contributed by atoms with Crippen LogP contribution < -0.4 is 20.1 Å². The van der Waals surface area contributed by atoms with Gasteiger partial charge in [-0.05, 0) is 67.6 Å². The SMILES string of the molecule is COc1ccc(NC(=O)Nc2cccc3c2O[C@@H](CN(C)S(=O)(=O)c2ccc(F)cc2)[C@@H](C)CN([C@@H](C)CO)C3=O)cc1. The zero-order valence-electron chi connectivity index (χ0n) is 24.3. The molecule has 1 aliphatic heterocycles. The molecule has 0 radical (unpaired) electrons. The first-order valence-corrected chi connectivity index (χ1v) is 15.0. The number of aliphatic hydroxyl groups is 1. The maximum atomic E-state index is 13.7. The summed E-state index contributed by atoms with van der Waals surface area (Å²) in [6.45, 7) is 3.27. The van der Waals surface area contributed by atoms with Crippen LogP contribution in [0.1, 0.15) is 24.2 Å². The number of hydrogen-bond acceptors (Lipinski definition) is 7. The third-order valence-corrected chi connectivity index (χ3v) is 9.08. The second-order valence-corrected chi connectivity index (χ2v) is 12.4. The van der Waals surface area contributed by atoms with E-state index in [2.05, 4.69) is 10.6 Å². The molecule has 0 spiro atoms. The fraction of sp³-hybridized carbons (Fsp3) is 0.333. The number of hydrogen-bond donors (Lipinski definition) is 3. The van der Waals surface area contributed by atoms with Crippen molar-refractivity contribution in [2.45, 2.75) is 30.9 Å². The zero-order valence-corrected chi connectivity index (χ0v) is 25.1. The van der Waals surface area contributed by atoms with E-state index in [1.54, 1.807) is 49.4 Å². The highest BCUT2D eigenvalue weighted by molar-refractivity contribution is 7.89. The Morgan fingerprint density at radius 2 is 1.81 bits per heavy atom. The Labute approximate surface area is 250 Å². The topological polar surface area (TPSA) is 138 Å². The van der Waals surface area contributed by atoms with Crippen LogP contribution in [0, 0.1) is 11.7 Å². The maximum Gasteiger partial charge on any atom is 0.323 e. The number of rotatable bonds is 9. The molecule has 4 rings (SSSR count). The first kappa shape index (κ1) is 31.7. The normalized spacial score (nSPS) is 17.7. The predicted octanol–water partition coefficient (Wildman–Crippen LogP) is 4.02. The summed E-state index contributed by atoms with van der Waals surface area (Å²) in [6.07, 6.45) is -0.784. The van der Waals surface area contributed by atoms with Crippen molar-refractivity contribution in [3.63, 3.8) is 0 Å². The van der Waals surface area contributed by atoms with Gasteiger partial charge in [-0.1, -0.05) is 13.0 Å². The number of carbonyl (C=O) groups is 2. The van der Waals surface area contributed by atoms with Crippen molar-refractivity contribution in [3.8, 4) is 11.5 Å². The van der Waals surface area contributed by atoms with Crippen molar-refractivity contribution >= 4 is 33.3 Å². The van der Waals surface area contributed by atoms with Crippen LogP contribution in [-0.4, -0.2) is 80.7 Å². The molecule has 0 aliphatic carbocycles. The van der Waals surface area contributed by atoms with E-state index in [0.29, 0.717) is 11.4 Å². The lowest BCUT2D eigenvalue weighted by Crippen LogP contribution is -2.50. The first-order chi connectivity index (χ1) is 20.4. The molecule has 3 amide bonds. The Morgan fingerprint density at radius 1 is 1.14 bits per heavy atom. The molecule has 3 N–H and O–H groups in total. The molecule has 3 atom stereocenters. The van der Waals surface area contributed by atoms with Gasteiger partial charge >= 0.3 is 6.03 Å². The number of likely N-dealkylation sites (N-methyl/N-ethyl adjacent to an activating group) is 1. The summed E-state index contributed by atoms with van der Waals surface area (Å²) in [4.78, 5) is 28.1. The molecule has 3 aromatic carbocycles. The highest BCUT2D eigenvalue weighted by Crippen LogP contribution is 2.35. The van der Waals surface area contributed by atoms with Crippen molar-refractivity contribution in [1.82, 2.24) is 9.21 Å². The summed E-state index contributed by atoms with van der Waals surface area (Å²) < 4.78 is 52.7. The number of carbonyl (C=O) groups excluding carboxylic acids is 2. The van der Waals surface area contributed by atoms with E-state index in [0.717, 1.165) is 16.4 Å². The number of nitrogens with one attached hydrogen (secondary N) is 2. The van der Waals surface area contributed by atoms with Gasteiger partial charge in [0.25, 0.3) is 5.91 Å². The standard InChI is InChI=1S/C30H35FN4O7S/c1-19-16-35(20(2)18-36)29(37)25-6-5-7-26(33-30(38)32-22-10-12-23(41-4)13-11-22)28(25)42-27(19)17-34(3)43(39,40)24-14-8-21(31)9-15-24/h5-15,19-20,27,36H,16-18H2,1-4H3,(H2,32,33,38)/t19-,20-,27-/m0/s1. The molecule has 0 saturated heterocycles. The van der Waals surface area contributed by atoms with Crippen molar-refractivity contribution in [2.75, 3.05) is 44.5 Å². The molecule has 0 unspecified atom stereocenters. The minimum atomic E-state index is -4.01. The van der Waals surface area contributed by atoms with Gasteiger partial charge in [-0.25, -0.2) is 17.6 Å². The van der Waals surface area contributed by atoms with Crippen molar-refractivity contribution < 1.29 is 37.0 Å². The number of methoxy groups -OCH3 is 1. The van der Waals surface area contributed by atoms with E-state index in [1.807, 2.05) is 6.92 Å². The molecule has 0 fully saturated rings. The second-order valence-electron chi connectivity index (χ2n) is 10.4. The van der Waals surface area contributed by atoms with Crippen LogP contribution in [0.2, 0.25) is 0 Å². The van der Waals surface area contributed by atoms with Crippen LogP contribution in [0.15, 0.2) is 71.6 Å². The lowest BCUT2D eigenvalue weighted by Gasteiger charge is -2.38. The molecule has 43 heavy (non-hydrogen) atoms. The number of halogens is 1. The number of aliphatic hydroxyl groups excluding tert-OH is 1. The third-order valence-electron chi connectivity index (χ3n) is 7.25. The summed E-state index contributed by atoms with van der Waals surface area (Å²) in [5.41, 5.74) is 0.830. The molecule has 13 heteroatoms. The van der Waals surface area contributed by atoms with Gasteiger partial charge in [-0.2, -0.15) is 4.31 Å². The van der Waals surface area contributed by atoms with Gasteiger partial charge in [0.1, 0.15) is 17.7 Å². The van der Waals surface area contributed by atoms with E-state index in [9.17, 15) is 27.5 Å². The fourth-order valence-corrected chi connectivity index (χ4v) is 5.84.